The summed E-state index contributed by atoms with van der Waals surface area (Å²) in [5, 5.41) is 42.4. The molecule has 1 aliphatic heterocycles. The highest BCUT2D eigenvalue weighted by molar-refractivity contribution is 5.81. The van der Waals surface area contributed by atoms with E-state index in [2.05, 4.69) is 0 Å². The Kier molecular flexibility index (Phi) is 4.24. The normalized spacial score (nSPS) is 15.7. The Hall–Kier alpha value is -3.95. The molecular formula is C17H12N2O8. The lowest BCUT2D eigenvalue weighted by atomic mass is 9.91. The molecule has 0 saturated heterocycles. The number of ether oxygens (including phenoxy) is 1. The number of aromatic hydroxyl groups is 1. The topological polar surface area (TPSA) is 153 Å². The molecule has 0 bridgehead atoms. The first-order valence-corrected chi connectivity index (χ1v) is 7.57. The van der Waals surface area contributed by atoms with Gasteiger partial charge in [-0.25, -0.2) is 0 Å². The molecule has 0 saturated carbocycles. The van der Waals surface area contributed by atoms with E-state index >= 15 is 0 Å². The number of aryl methyl sites for hydroxylation is 1. The molecule has 1 heterocycles. The maximum absolute atomic E-state index is 11.6. The van der Waals surface area contributed by atoms with Gasteiger partial charge in [0.15, 0.2) is 17.3 Å². The van der Waals surface area contributed by atoms with Crippen molar-refractivity contribution in [2.24, 2.45) is 0 Å². The van der Waals surface area contributed by atoms with E-state index in [4.69, 9.17) is 4.74 Å². The highest BCUT2D eigenvalue weighted by Crippen LogP contribution is 2.46. The second kappa shape index (κ2) is 6.41. The van der Waals surface area contributed by atoms with Crippen LogP contribution in [0.2, 0.25) is 0 Å². The van der Waals surface area contributed by atoms with Crippen molar-refractivity contribution in [2.45, 2.75) is 12.8 Å². The van der Waals surface area contributed by atoms with Crippen LogP contribution in [-0.4, -0.2) is 26.3 Å². The molecule has 0 fully saturated rings. The SMILES string of the molecule is Cc1cc2c(c([N+](=O)[O-])c1)OC(c1ccc(O)c([N+](=O)[O-])c1)=C(O)C2C=O. The van der Waals surface area contributed by atoms with Crippen LogP contribution in [0.25, 0.3) is 5.76 Å². The van der Waals surface area contributed by atoms with Gasteiger partial charge < -0.3 is 19.7 Å². The molecule has 2 aromatic rings. The van der Waals surface area contributed by atoms with Crippen LogP contribution >= 0.6 is 0 Å². The smallest absolute Gasteiger partial charge is 0.312 e. The van der Waals surface area contributed by atoms with Gasteiger partial charge in [-0.1, -0.05) is 6.07 Å². The second-order valence-corrected chi connectivity index (χ2v) is 5.85. The Morgan fingerprint density at radius 2 is 1.74 bits per heavy atom. The highest BCUT2D eigenvalue weighted by Gasteiger charge is 2.36. The number of carbonyl (C=O) groups is 1. The number of fused-ring (bicyclic) bond motifs is 1. The first kappa shape index (κ1) is 17.9. The third-order valence-corrected chi connectivity index (χ3v) is 4.08. The number of allylic oxidation sites excluding steroid dienone is 1. The lowest BCUT2D eigenvalue weighted by Gasteiger charge is -2.24. The summed E-state index contributed by atoms with van der Waals surface area (Å²) < 4.78 is 5.51. The number of carbonyl (C=O) groups excluding carboxylic acids is 1. The van der Waals surface area contributed by atoms with Crippen LogP contribution in [-0.2, 0) is 4.79 Å². The van der Waals surface area contributed by atoms with Crippen LogP contribution < -0.4 is 4.74 Å². The number of rotatable bonds is 4. The van der Waals surface area contributed by atoms with E-state index < -0.39 is 38.6 Å². The van der Waals surface area contributed by atoms with Crippen LogP contribution in [0, 0.1) is 27.2 Å². The number of nitrogens with zero attached hydrogens (tertiary/aromatic N) is 2. The Labute approximate surface area is 151 Å². The van der Waals surface area contributed by atoms with Crippen LogP contribution in [0.4, 0.5) is 11.4 Å². The van der Waals surface area contributed by atoms with E-state index in [1.807, 2.05) is 0 Å². The number of hydrogen-bond acceptors (Lipinski definition) is 8. The molecular weight excluding hydrogens is 360 g/mol. The first-order valence-electron chi connectivity index (χ1n) is 7.57. The van der Waals surface area contributed by atoms with Gasteiger partial charge in [0.25, 0.3) is 0 Å². The van der Waals surface area contributed by atoms with Crippen LogP contribution in [0.15, 0.2) is 36.1 Å². The highest BCUT2D eigenvalue weighted by atomic mass is 16.6. The van der Waals surface area contributed by atoms with Gasteiger partial charge in [-0.15, -0.1) is 0 Å². The number of nitro benzene ring substituents is 2. The number of aliphatic hydroxyl groups excluding tert-OH is 1. The molecule has 138 valence electrons. The van der Waals surface area contributed by atoms with E-state index in [0.29, 0.717) is 11.8 Å². The van der Waals surface area contributed by atoms with Crippen molar-refractivity contribution >= 4 is 23.4 Å². The van der Waals surface area contributed by atoms with Crippen LogP contribution in [0.5, 0.6) is 11.5 Å². The largest absolute Gasteiger partial charge is 0.507 e. The van der Waals surface area contributed by atoms with Gasteiger partial charge in [-0.2, -0.15) is 0 Å². The molecule has 0 amide bonds. The second-order valence-electron chi connectivity index (χ2n) is 5.85. The Balaban J connectivity index is 2.23. The molecule has 1 aliphatic rings. The predicted molar refractivity (Wildman–Crippen MR) is 91.6 cm³/mol. The maximum Gasteiger partial charge on any atom is 0.312 e. The molecule has 10 heteroatoms. The van der Waals surface area contributed by atoms with E-state index in [1.165, 1.54) is 18.2 Å². The minimum absolute atomic E-state index is 0.0237. The van der Waals surface area contributed by atoms with Gasteiger partial charge in [-0.3, -0.25) is 20.2 Å². The minimum Gasteiger partial charge on any atom is -0.507 e. The zero-order valence-corrected chi connectivity index (χ0v) is 13.8. The van der Waals surface area contributed by atoms with Gasteiger partial charge in [0.05, 0.1) is 9.85 Å². The molecule has 2 N–H and O–H groups in total. The number of hydrogen-bond donors (Lipinski definition) is 2. The molecule has 0 aliphatic carbocycles. The van der Waals surface area contributed by atoms with Crippen molar-refractivity contribution in [1.82, 2.24) is 0 Å². The summed E-state index contributed by atoms with van der Waals surface area (Å²) in [5.41, 5.74) is -0.471. The summed E-state index contributed by atoms with van der Waals surface area (Å²) >= 11 is 0. The summed E-state index contributed by atoms with van der Waals surface area (Å²) in [7, 11) is 0. The van der Waals surface area contributed by atoms with E-state index in [-0.39, 0.29) is 22.6 Å². The quantitative estimate of drug-likeness (QED) is 0.471. The average Bonchev–Trinajstić information content (AvgIpc) is 2.61. The number of nitro groups is 2. The molecule has 0 radical (unpaired) electrons. The minimum atomic E-state index is -1.24. The van der Waals surface area contributed by atoms with E-state index in [1.54, 1.807) is 6.92 Å². The summed E-state index contributed by atoms with van der Waals surface area (Å²) in [6.45, 7) is 1.59. The Morgan fingerprint density at radius 3 is 2.33 bits per heavy atom. The third-order valence-electron chi connectivity index (χ3n) is 4.08. The summed E-state index contributed by atoms with van der Waals surface area (Å²) in [5.74, 6) is -2.96. The Bertz CT molecular complexity index is 1030. The molecule has 0 aromatic heterocycles. The number of aldehydes is 1. The van der Waals surface area contributed by atoms with Gasteiger partial charge in [0.2, 0.25) is 5.75 Å². The van der Waals surface area contributed by atoms with Gasteiger partial charge in [0.1, 0.15) is 12.2 Å². The van der Waals surface area contributed by atoms with Crippen molar-refractivity contribution in [2.75, 3.05) is 0 Å². The molecule has 27 heavy (non-hydrogen) atoms. The summed E-state index contributed by atoms with van der Waals surface area (Å²) in [6, 6.07) is 5.91. The summed E-state index contributed by atoms with van der Waals surface area (Å²) in [6.07, 6.45) is 0.397. The van der Waals surface area contributed by atoms with Gasteiger partial charge >= 0.3 is 11.4 Å². The number of aliphatic hydroxyl groups is 1. The fraction of sp³-hybridized carbons (Fsp3) is 0.118. The van der Waals surface area contributed by atoms with Crippen LogP contribution in [0.1, 0.15) is 22.6 Å². The summed E-state index contributed by atoms with van der Waals surface area (Å²) in [4.78, 5) is 32.4. The van der Waals surface area contributed by atoms with Gasteiger partial charge in [-0.05, 0) is 24.6 Å². The van der Waals surface area contributed by atoms with Crippen molar-refractivity contribution in [1.29, 1.82) is 0 Å². The van der Waals surface area contributed by atoms with E-state index in [0.717, 1.165) is 12.1 Å². The number of phenolic OH excluding ortho intramolecular Hbond substituents is 1. The molecule has 2 aromatic carbocycles. The number of benzene rings is 2. The molecule has 10 nitrogen and oxygen atoms in total. The number of phenols is 1. The lowest BCUT2D eigenvalue weighted by molar-refractivity contribution is -0.385. The fourth-order valence-corrected chi connectivity index (χ4v) is 2.86. The molecule has 0 spiro atoms. The third kappa shape index (κ3) is 2.92. The first-order chi connectivity index (χ1) is 12.7. The fourth-order valence-electron chi connectivity index (χ4n) is 2.86. The zero-order valence-electron chi connectivity index (χ0n) is 13.8. The standard InChI is InChI=1S/C17H12N2O8/c1-8-4-10-11(7-20)15(22)16(27-17(10)13(5-8)19(25)26)9-2-3-14(21)12(6-9)18(23)24/h2-7,11,21-22H,1H3. The molecule has 3 rings (SSSR count). The van der Waals surface area contributed by atoms with Crippen molar-refractivity contribution in [3.8, 4) is 11.5 Å². The van der Waals surface area contributed by atoms with Crippen molar-refractivity contribution in [3.05, 3.63) is 73.0 Å². The van der Waals surface area contributed by atoms with Gasteiger partial charge in [0, 0.05) is 23.3 Å². The van der Waals surface area contributed by atoms with Crippen LogP contribution in [0.3, 0.4) is 0 Å². The van der Waals surface area contributed by atoms with Crippen molar-refractivity contribution < 1.29 is 29.6 Å². The van der Waals surface area contributed by atoms with Crippen molar-refractivity contribution in [3.63, 3.8) is 0 Å². The molecule has 1 unspecified atom stereocenters. The average molecular weight is 372 g/mol. The van der Waals surface area contributed by atoms with E-state index in [9.17, 15) is 35.2 Å². The lowest BCUT2D eigenvalue weighted by Crippen LogP contribution is -2.17. The molecule has 1 atom stereocenters. The monoisotopic (exact) mass is 372 g/mol. The maximum atomic E-state index is 11.6. The predicted octanol–water partition coefficient (Wildman–Crippen LogP) is 3.12. The zero-order chi connectivity index (χ0) is 19.9. The Morgan fingerprint density at radius 1 is 1.07 bits per heavy atom.